The van der Waals surface area contributed by atoms with E-state index in [0.717, 1.165) is 60.2 Å². The minimum Gasteiger partial charge on any atom is -0.489 e. The topological polar surface area (TPSA) is 163 Å². The maximum Gasteiger partial charge on any atom is 0.416 e. The number of carbonyl (C=O) groups is 2. The van der Waals surface area contributed by atoms with Gasteiger partial charge in [-0.1, -0.05) is 66.2 Å². The third-order valence-corrected chi connectivity index (χ3v) is 9.65. The van der Waals surface area contributed by atoms with Crippen molar-refractivity contribution in [3.05, 3.63) is 147 Å². The molecular formula is C41H40ClF3N2O7. The number of hydrogen-bond donors (Lipinski definition) is 2. The van der Waals surface area contributed by atoms with E-state index in [1.807, 2.05) is 35.2 Å². The predicted molar refractivity (Wildman–Crippen MR) is 201 cm³/mol. The molecule has 6 N–H and O–H groups in total. The van der Waals surface area contributed by atoms with E-state index in [0.29, 0.717) is 59.1 Å². The highest BCUT2D eigenvalue weighted by Crippen LogP contribution is 2.33. The van der Waals surface area contributed by atoms with Gasteiger partial charge in [-0.05, 0) is 109 Å². The van der Waals surface area contributed by atoms with Crippen LogP contribution in [0.15, 0.2) is 97.1 Å². The number of hydrogen-bond acceptors (Lipinski definition) is 5. The van der Waals surface area contributed by atoms with Crippen molar-refractivity contribution in [3.8, 4) is 16.9 Å². The number of aromatic carboxylic acids is 2. The number of fused-ring (bicyclic) bond motifs is 1. The minimum atomic E-state index is -4.41. The Kier molecular flexibility index (Phi) is 13.8. The van der Waals surface area contributed by atoms with Crippen molar-refractivity contribution in [1.82, 2.24) is 4.98 Å². The Balaban J connectivity index is 0.00000325. The number of aryl methyl sites for hydroxylation is 2. The van der Waals surface area contributed by atoms with Crippen LogP contribution in [0.2, 0.25) is 5.02 Å². The first-order chi connectivity index (χ1) is 25.0. The number of benzene rings is 4. The van der Waals surface area contributed by atoms with Crippen LogP contribution >= 0.6 is 11.6 Å². The third-order valence-electron chi connectivity index (χ3n) is 9.30. The van der Waals surface area contributed by atoms with E-state index in [9.17, 15) is 33.0 Å². The Bertz CT molecular complexity index is 2070. The van der Waals surface area contributed by atoms with Crippen LogP contribution in [0.25, 0.3) is 11.1 Å². The number of carboxylic acids is 2. The fourth-order valence-corrected chi connectivity index (χ4v) is 6.64. The van der Waals surface area contributed by atoms with E-state index in [1.165, 1.54) is 12.1 Å². The van der Waals surface area contributed by atoms with Crippen LogP contribution in [0.5, 0.6) is 5.75 Å². The molecule has 0 spiro atoms. The molecule has 0 aliphatic heterocycles. The maximum absolute atomic E-state index is 13.0. The molecule has 1 aliphatic rings. The van der Waals surface area contributed by atoms with E-state index in [1.54, 1.807) is 42.5 Å². The monoisotopic (exact) mass is 764 g/mol. The second-order valence-corrected chi connectivity index (χ2v) is 13.1. The molecule has 0 atom stereocenters. The van der Waals surface area contributed by atoms with Gasteiger partial charge in [-0.2, -0.15) is 13.2 Å². The van der Waals surface area contributed by atoms with Gasteiger partial charge in [0.1, 0.15) is 12.4 Å². The summed E-state index contributed by atoms with van der Waals surface area (Å²) in [7, 11) is 0. The molecule has 9 nitrogen and oxygen atoms in total. The average molecular weight is 765 g/mol. The summed E-state index contributed by atoms with van der Waals surface area (Å²) in [6.07, 6.45) is 0.231. The van der Waals surface area contributed by atoms with Gasteiger partial charge in [-0.3, -0.25) is 0 Å². The highest BCUT2D eigenvalue weighted by Gasteiger charge is 2.30. The fourth-order valence-electron chi connectivity index (χ4n) is 6.41. The Morgan fingerprint density at radius 3 is 2.11 bits per heavy atom. The summed E-state index contributed by atoms with van der Waals surface area (Å²) in [5, 5.41) is 19.9. The van der Waals surface area contributed by atoms with Gasteiger partial charge in [0.25, 0.3) is 0 Å². The summed E-state index contributed by atoms with van der Waals surface area (Å²) in [5.74, 6) is -1.46. The standard InChI is InChI=1S/C41H36ClF3N2O5.2H2O/c42-34-23-30(27-15-17-33(18-16-27)41(43,44)45)13-14-32(34)25-52-37-8-4-2-5-28(37)20-22-47(21-19-26-9-11-29(12-10-26)39(48)49)36-24-31-6-1-3-7-35(31)46-38(36)40(50)51;;/h2,4-5,8-18,23-24H,1,3,6-7,19-22,25H2,(H,48,49)(H,50,51);2*1H2. The Morgan fingerprint density at radius 1 is 0.778 bits per heavy atom. The van der Waals surface area contributed by atoms with Crippen molar-refractivity contribution >= 4 is 29.2 Å². The zero-order chi connectivity index (χ0) is 36.8. The molecule has 0 bridgehead atoms. The number of halogens is 4. The largest absolute Gasteiger partial charge is 0.489 e. The summed E-state index contributed by atoms with van der Waals surface area (Å²) in [5.41, 5.74) is 5.75. The molecular weight excluding hydrogens is 725 g/mol. The van der Waals surface area contributed by atoms with E-state index in [-0.39, 0.29) is 28.8 Å². The van der Waals surface area contributed by atoms with E-state index < -0.39 is 23.7 Å². The number of rotatable bonds is 13. The van der Waals surface area contributed by atoms with Gasteiger partial charge < -0.3 is 30.8 Å². The first kappa shape index (κ1) is 41.3. The molecule has 54 heavy (non-hydrogen) atoms. The number of alkyl halides is 3. The number of nitrogens with zero attached hydrogens (tertiary/aromatic N) is 2. The van der Waals surface area contributed by atoms with Crippen LogP contribution in [0.4, 0.5) is 18.9 Å². The zero-order valence-electron chi connectivity index (χ0n) is 29.1. The number of para-hydroxylation sites is 1. The Morgan fingerprint density at radius 2 is 1.44 bits per heavy atom. The maximum atomic E-state index is 13.0. The van der Waals surface area contributed by atoms with Crippen molar-refractivity contribution in [2.75, 3.05) is 18.0 Å². The second kappa shape index (κ2) is 18.1. The molecule has 284 valence electrons. The smallest absolute Gasteiger partial charge is 0.416 e. The number of anilines is 1. The Hall–Kier alpha value is -5.43. The molecule has 6 rings (SSSR count). The molecule has 0 amide bonds. The van der Waals surface area contributed by atoms with Crippen molar-refractivity contribution < 1.29 is 48.7 Å². The summed E-state index contributed by atoms with van der Waals surface area (Å²) < 4.78 is 45.3. The molecule has 5 aromatic rings. The molecule has 13 heteroatoms. The highest BCUT2D eigenvalue weighted by atomic mass is 35.5. The second-order valence-electron chi connectivity index (χ2n) is 12.7. The number of pyridine rings is 1. The lowest BCUT2D eigenvalue weighted by molar-refractivity contribution is -0.137. The van der Waals surface area contributed by atoms with Gasteiger partial charge >= 0.3 is 18.1 Å². The Labute approximate surface area is 315 Å². The summed E-state index contributed by atoms with van der Waals surface area (Å²) in [6, 6.07) is 26.4. The van der Waals surface area contributed by atoms with E-state index in [2.05, 4.69) is 4.98 Å². The van der Waals surface area contributed by atoms with Gasteiger partial charge in [0.2, 0.25) is 0 Å². The van der Waals surface area contributed by atoms with Gasteiger partial charge in [-0.25, -0.2) is 14.6 Å². The van der Waals surface area contributed by atoms with Gasteiger partial charge in [0.15, 0.2) is 5.69 Å². The number of aromatic nitrogens is 1. The molecule has 0 unspecified atom stereocenters. The van der Waals surface area contributed by atoms with Gasteiger partial charge in [-0.15, -0.1) is 0 Å². The molecule has 1 aromatic heterocycles. The molecule has 1 heterocycles. The summed E-state index contributed by atoms with van der Waals surface area (Å²) in [4.78, 5) is 30.5. The van der Waals surface area contributed by atoms with Crippen LogP contribution in [0, 0.1) is 0 Å². The van der Waals surface area contributed by atoms with Crippen molar-refractivity contribution in [2.45, 2.75) is 51.3 Å². The van der Waals surface area contributed by atoms with Gasteiger partial charge in [0.05, 0.1) is 16.8 Å². The molecule has 0 radical (unpaired) electrons. The number of carboxylic acid groups (broad SMARTS) is 2. The predicted octanol–water partition coefficient (Wildman–Crippen LogP) is 7.92. The van der Waals surface area contributed by atoms with Gasteiger partial charge in [0, 0.05) is 29.4 Å². The quantitative estimate of drug-likeness (QED) is 0.123. The normalized spacial score (nSPS) is 12.1. The van der Waals surface area contributed by atoms with Crippen LogP contribution in [0.1, 0.15) is 67.2 Å². The molecule has 0 saturated carbocycles. The van der Waals surface area contributed by atoms with Crippen LogP contribution in [-0.2, 0) is 38.5 Å². The number of ether oxygens (including phenoxy) is 1. The molecule has 0 fully saturated rings. The van der Waals surface area contributed by atoms with E-state index >= 15 is 0 Å². The van der Waals surface area contributed by atoms with Crippen molar-refractivity contribution in [1.29, 1.82) is 0 Å². The van der Waals surface area contributed by atoms with Crippen LogP contribution < -0.4 is 9.64 Å². The lowest BCUT2D eigenvalue weighted by Gasteiger charge is -2.28. The molecule has 0 saturated heterocycles. The molecule has 1 aliphatic carbocycles. The SMILES string of the molecule is O.O.O=C(O)c1ccc(CCN(CCc2ccccc2OCc2ccc(-c3ccc(C(F)(F)F)cc3)cc2Cl)c2cc3c(nc2C(=O)O)CCCC3)cc1. The van der Waals surface area contributed by atoms with Crippen molar-refractivity contribution in [2.24, 2.45) is 0 Å². The van der Waals surface area contributed by atoms with E-state index in [4.69, 9.17) is 16.3 Å². The fraction of sp³-hybridized carbons (Fsp3) is 0.244. The van der Waals surface area contributed by atoms with Crippen LogP contribution in [-0.4, -0.2) is 51.2 Å². The summed E-state index contributed by atoms with van der Waals surface area (Å²) in [6.45, 7) is 1.07. The third kappa shape index (κ3) is 9.95. The van der Waals surface area contributed by atoms with Crippen molar-refractivity contribution in [3.63, 3.8) is 0 Å². The first-order valence-corrected chi connectivity index (χ1v) is 17.3. The zero-order valence-corrected chi connectivity index (χ0v) is 29.9. The average Bonchev–Trinajstić information content (AvgIpc) is 3.14. The lowest BCUT2D eigenvalue weighted by atomic mass is 9.95. The molecule has 4 aromatic carbocycles. The van der Waals surface area contributed by atoms with Crippen LogP contribution in [0.3, 0.4) is 0 Å². The summed E-state index contributed by atoms with van der Waals surface area (Å²) >= 11 is 6.61. The lowest BCUT2D eigenvalue weighted by Crippen LogP contribution is -2.31. The first-order valence-electron chi connectivity index (χ1n) is 17.0. The minimum absolute atomic E-state index is 0. The highest BCUT2D eigenvalue weighted by molar-refractivity contribution is 6.31.